The molecule has 0 spiro atoms. The van der Waals surface area contributed by atoms with Crippen molar-refractivity contribution >= 4 is 22.9 Å². The topological polar surface area (TPSA) is 62.1 Å². The predicted octanol–water partition coefficient (Wildman–Crippen LogP) is 6.00. The van der Waals surface area contributed by atoms with Crippen molar-refractivity contribution in [2.75, 3.05) is 36.0 Å². The molecule has 7 nitrogen and oxygen atoms in total. The van der Waals surface area contributed by atoms with Crippen LogP contribution in [-0.4, -0.2) is 47.6 Å². The van der Waals surface area contributed by atoms with Crippen molar-refractivity contribution in [1.82, 2.24) is 14.7 Å². The molecule has 5 rings (SSSR count). The summed E-state index contributed by atoms with van der Waals surface area (Å²) in [6, 6.07) is 16.1. The van der Waals surface area contributed by atoms with Crippen molar-refractivity contribution in [3.05, 3.63) is 89.4 Å². The van der Waals surface area contributed by atoms with E-state index in [2.05, 4.69) is 46.1 Å². The van der Waals surface area contributed by atoms with E-state index in [0.29, 0.717) is 47.8 Å². The molecule has 0 saturated carbocycles. The van der Waals surface area contributed by atoms with Crippen molar-refractivity contribution < 1.29 is 18.3 Å². The molecule has 3 heterocycles. The van der Waals surface area contributed by atoms with Gasteiger partial charge in [0, 0.05) is 50.2 Å². The number of ether oxygens (including phenoxy) is 1. The number of aromatic nitrogens is 2. The third kappa shape index (κ3) is 6.29. The van der Waals surface area contributed by atoms with Crippen LogP contribution in [0, 0.1) is 11.6 Å². The van der Waals surface area contributed by atoms with Crippen LogP contribution in [-0.2, 0) is 13.0 Å². The molecule has 1 aliphatic heterocycles. The van der Waals surface area contributed by atoms with E-state index in [1.54, 1.807) is 10.5 Å². The second kappa shape index (κ2) is 12.6. The number of nitrogens with zero attached hydrogens (tertiary/aromatic N) is 4. The summed E-state index contributed by atoms with van der Waals surface area (Å²) in [6.45, 7) is 9.24. The second-order valence-electron chi connectivity index (χ2n) is 10.5. The molecule has 2 aromatic carbocycles. The second-order valence-corrected chi connectivity index (χ2v) is 10.5. The molecule has 4 aromatic rings. The zero-order valence-corrected chi connectivity index (χ0v) is 23.9. The highest BCUT2D eigenvalue weighted by molar-refractivity contribution is 5.94. The number of anilines is 2. The Morgan fingerprint density at radius 1 is 1.07 bits per heavy atom. The average Bonchev–Trinajstić information content (AvgIpc) is 3.34. The van der Waals surface area contributed by atoms with Gasteiger partial charge in [0.05, 0.1) is 18.0 Å². The minimum absolute atomic E-state index is 0.163. The highest BCUT2D eigenvalue weighted by atomic mass is 19.1. The van der Waals surface area contributed by atoms with Gasteiger partial charge < -0.3 is 19.9 Å². The number of aryl methyl sites for hydroxylation is 1. The third-order valence-electron chi connectivity index (χ3n) is 7.58. The number of hydrogen-bond donors (Lipinski definition) is 1. The van der Waals surface area contributed by atoms with Crippen molar-refractivity contribution in [3.63, 3.8) is 0 Å². The van der Waals surface area contributed by atoms with Crippen LogP contribution in [0.1, 0.15) is 55.4 Å². The van der Waals surface area contributed by atoms with Crippen LogP contribution < -0.4 is 19.9 Å². The Morgan fingerprint density at radius 3 is 2.59 bits per heavy atom. The molecular formula is C32H37F2N5O2. The summed E-state index contributed by atoms with van der Waals surface area (Å²) < 4.78 is 36.3. The summed E-state index contributed by atoms with van der Waals surface area (Å²) in [4.78, 5) is 21.8. The van der Waals surface area contributed by atoms with Crippen LogP contribution in [0.25, 0.3) is 5.65 Å². The van der Waals surface area contributed by atoms with Crippen LogP contribution >= 0.6 is 0 Å². The van der Waals surface area contributed by atoms with Crippen molar-refractivity contribution in [1.29, 1.82) is 0 Å². The van der Waals surface area contributed by atoms with E-state index in [0.717, 1.165) is 37.4 Å². The fraction of sp³-hybridized carbons (Fsp3) is 0.375. The van der Waals surface area contributed by atoms with Gasteiger partial charge in [-0.1, -0.05) is 26.3 Å². The maximum absolute atomic E-state index is 15.3. The number of imidazole rings is 1. The van der Waals surface area contributed by atoms with Gasteiger partial charge in [0.25, 0.3) is 5.91 Å². The quantitative estimate of drug-likeness (QED) is 0.241. The number of halogens is 2. The maximum Gasteiger partial charge on any atom is 0.270 e. The Bertz CT molecular complexity index is 1500. The van der Waals surface area contributed by atoms with E-state index < -0.39 is 5.82 Å². The predicted molar refractivity (Wildman–Crippen MR) is 158 cm³/mol. The van der Waals surface area contributed by atoms with Crippen LogP contribution in [0.3, 0.4) is 0 Å². The summed E-state index contributed by atoms with van der Waals surface area (Å²) in [7, 11) is 0. The molecule has 1 atom stereocenters. The Labute approximate surface area is 239 Å². The van der Waals surface area contributed by atoms with E-state index in [1.165, 1.54) is 24.4 Å². The number of piperazine rings is 1. The number of carbonyl (C=O) groups excluding carboxylic acids is 1. The summed E-state index contributed by atoms with van der Waals surface area (Å²) in [5.74, 6) is -0.182. The first-order valence-electron chi connectivity index (χ1n) is 14.4. The van der Waals surface area contributed by atoms with Gasteiger partial charge in [-0.25, -0.2) is 13.8 Å². The molecular weight excluding hydrogens is 524 g/mol. The van der Waals surface area contributed by atoms with Crippen LogP contribution in [0.4, 0.5) is 20.2 Å². The van der Waals surface area contributed by atoms with Gasteiger partial charge in [-0.3, -0.25) is 9.20 Å². The van der Waals surface area contributed by atoms with E-state index in [1.807, 2.05) is 25.1 Å². The lowest BCUT2D eigenvalue weighted by molar-refractivity contribution is 0.0944. The minimum Gasteiger partial charge on any atom is -0.494 e. The van der Waals surface area contributed by atoms with E-state index in [9.17, 15) is 9.18 Å². The molecule has 41 heavy (non-hydrogen) atoms. The van der Waals surface area contributed by atoms with Gasteiger partial charge in [0.2, 0.25) is 0 Å². The largest absolute Gasteiger partial charge is 0.494 e. The number of rotatable bonds is 10. The zero-order valence-electron chi connectivity index (χ0n) is 23.9. The Morgan fingerprint density at radius 2 is 1.88 bits per heavy atom. The number of fused-ring (bicyclic) bond motifs is 1. The van der Waals surface area contributed by atoms with E-state index >= 15 is 4.39 Å². The fourth-order valence-corrected chi connectivity index (χ4v) is 5.37. The van der Waals surface area contributed by atoms with Gasteiger partial charge in [-0.05, 0) is 67.8 Å². The molecule has 1 N–H and O–H groups in total. The normalized spacial score (nSPS) is 15.4. The molecule has 1 fully saturated rings. The van der Waals surface area contributed by atoms with Crippen molar-refractivity contribution in [3.8, 4) is 5.75 Å². The number of carbonyl (C=O) groups is 1. The molecule has 1 aliphatic rings. The van der Waals surface area contributed by atoms with Gasteiger partial charge in [-0.15, -0.1) is 0 Å². The lowest BCUT2D eigenvalue weighted by atomic mass is 10.1. The van der Waals surface area contributed by atoms with Gasteiger partial charge in [-0.2, -0.15) is 0 Å². The number of unbranched alkanes of at least 4 members (excludes halogenated alkanes) is 1. The average molecular weight is 562 g/mol. The lowest BCUT2D eigenvalue weighted by Crippen LogP contribution is -2.52. The van der Waals surface area contributed by atoms with Gasteiger partial charge in [0.1, 0.15) is 28.7 Å². The highest BCUT2D eigenvalue weighted by Gasteiger charge is 2.26. The van der Waals surface area contributed by atoms with E-state index in [4.69, 9.17) is 4.74 Å². The summed E-state index contributed by atoms with van der Waals surface area (Å²) in [6.07, 6.45) is 4.17. The summed E-state index contributed by atoms with van der Waals surface area (Å²) in [5.41, 5.74) is 3.68. The number of nitrogens with one attached hydrogen (secondary N) is 1. The van der Waals surface area contributed by atoms with Crippen molar-refractivity contribution in [2.45, 2.75) is 52.6 Å². The molecule has 0 bridgehead atoms. The lowest BCUT2D eigenvalue weighted by Gasteiger charge is -2.42. The summed E-state index contributed by atoms with van der Waals surface area (Å²) in [5, 5.41) is 2.87. The SMILES string of the molecule is CCCCOc1ccc(N2CCN(c3ccc(CNC(=O)c4c(CC)nc5cc(F)ccn45)cc3F)C[C@@H]2C)cc1. The molecule has 1 amide bonds. The van der Waals surface area contributed by atoms with Crippen LogP contribution in [0.15, 0.2) is 60.8 Å². The minimum atomic E-state index is -0.412. The first kappa shape index (κ1) is 28.4. The Kier molecular flexibility index (Phi) is 8.71. The standard InChI is InChI=1S/C32H37F2N5O2/c1-4-6-17-41-26-10-8-25(9-11-26)38-16-15-37(21-22(38)3)29-12-7-23(18-27(29)34)20-35-32(40)31-28(5-2)36-30-19-24(33)13-14-39(30)31/h7-14,18-19,22H,4-6,15-17,20-21H2,1-3H3,(H,35,40)/t22-/m0/s1. The van der Waals surface area contributed by atoms with Crippen LogP contribution in [0.2, 0.25) is 0 Å². The number of pyridine rings is 1. The van der Waals surface area contributed by atoms with E-state index in [-0.39, 0.29) is 24.3 Å². The Balaban J connectivity index is 1.20. The molecule has 0 unspecified atom stereocenters. The fourth-order valence-electron chi connectivity index (χ4n) is 5.37. The molecule has 0 aliphatic carbocycles. The van der Waals surface area contributed by atoms with Crippen LogP contribution in [0.5, 0.6) is 5.75 Å². The Hall–Kier alpha value is -4.14. The number of benzene rings is 2. The maximum atomic E-state index is 15.3. The van der Waals surface area contributed by atoms with Crippen molar-refractivity contribution in [2.24, 2.45) is 0 Å². The molecule has 2 aromatic heterocycles. The first-order valence-corrected chi connectivity index (χ1v) is 14.4. The number of amides is 1. The molecule has 0 radical (unpaired) electrons. The first-order chi connectivity index (χ1) is 19.9. The summed E-state index contributed by atoms with van der Waals surface area (Å²) >= 11 is 0. The highest BCUT2D eigenvalue weighted by Crippen LogP contribution is 2.28. The molecule has 1 saturated heterocycles. The monoisotopic (exact) mass is 561 g/mol. The zero-order chi connectivity index (χ0) is 28.9. The molecule has 9 heteroatoms. The smallest absolute Gasteiger partial charge is 0.270 e. The molecule has 216 valence electrons. The van der Waals surface area contributed by atoms with Gasteiger partial charge >= 0.3 is 0 Å². The van der Waals surface area contributed by atoms with Gasteiger partial charge in [0.15, 0.2) is 0 Å². The number of hydrogen-bond acceptors (Lipinski definition) is 5. The third-order valence-corrected chi connectivity index (χ3v) is 7.58.